The van der Waals surface area contributed by atoms with Crippen molar-refractivity contribution in [2.24, 2.45) is 11.8 Å². The lowest BCUT2D eigenvalue weighted by molar-refractivity contribution is -0.117. The topological polar surface area (TPSA) is 66.9 Å². The van der Waals surface area contributed by atoms with Gasteiger partial charge in [-0.05, 0) is 75.4 Å². The Morgan fingerprint density at radius 3 is 2.70 bits per heavy atom. The summed E-state index contributed by atoms with van der Waals surface area (Å²) in [5.41, 5.74) is 1.96. The van der Waals surface area contributed by atoms with Crippen molar-refractivity contribution < 1.29 is 4.79 Å². The smallest absolute Gasteiger partial charge is 0.224 e. The van der Waals surface area contributed by atoms with Crippen LogP contribution in [0.5, 0.6) is 0 Å². The molecule has 1 aliphatic rings. The number of aryl methyl sites for hydroxylation is 2. The van der Waals surface area contributed by atoms with Crippen molar-refractivity contribution in [1.82, 2.24) is 15.5 Å². The van der Waals surface area contributed by atoms with Crippen molar-refractivity contribution in [2.45, 2.75) is 49.3 Å². The molecule has 2 aromatic rings. The molecule has 148 valence electrons. The molecule has 2 N–H and O–H groups in total. The lowest BCUT2D eigenvalue weighted by Crippen LogP contribution is -2.32. The predicted molar refractivity (Wildman–Crippen MR) is 115 cm³/mol. The third kappa shape index (κ3) is 6.45. The van der Waals surface area contributed by atoms with Crippen LogP contribution in [-0.2, 0) is 4.79 Å². The van der Waals surface area contributed by atoms with Gasteiger partial charge < -0.3 is 10.6 Å². The molecule has 1 aromatic heterocycles. The van der Waals surface area contributed by atoms with Gasteiger partial charge in [-0.25, -0.2) is 0 Å². The van der Waals surface area contributed by atoms with Gasteiger partial charge in [0.15, 0.2) is 4.34 Å². The summed E-state index contributed by atoms with van der Waals surface area (Å²) < 4.78 is 0.939. The van der Waals surface area contributed by atoms with Crippen molar-refractivity contribution in [3.05, 3.63) is 28.8 Å². The molecule has 3 rings (SSSR count). The number of halogens is 1. The van der Waals surface area contributed by atoms with E-state index < -0.39 is 0 Å². The van der Waals surface area contributed by atoms with E-state index in [9.17, 15) is 4.79 Å². The van der Waals surface area contributed by atoms with Crippen molar-refractivity contribution in [3.63, 3.8) is 0 Å². The number of aromatic nitrogens is 2. The third-order valence-electron chi connectivity index (χ3n) is 4.88. The highest BCUT2D eigenvalue weighted by atomic mass is 35.5. The molecule has 0 radical (unpaired) electrons. The Labute approximate surface area is 175 Å². The van der Waals surface area contributed by atoms with Crippen molar-refractivity contribution in [2.75, 3.05) is 18.4 Å². The monoisotopic (exact) mass is 426 g/mol. The number of nitrogens with zero attached hydrogens (tertiary/aromatic N) is 2. The second-order valence-corrected chi connectivity index (χ2v) is 9.49. The molecule has 0 spiro atoms. The van der Waals surface area contributed by atoms with E-state index in [2.05, 4.69) is 33.8 Å². The quantitative estimate of drug-likeness (QED) is 0.701. The fraction of sp³-hybridized carbons (Fsp3) is 0.526. The summed E-state index contributed by atoms with van der Waals surface area (Å²) in [4.78, 5) is 13.6. The second-order valence-electron chi connectivity index (χ2n) is 6.98. The molecule has 0 saturated carbocycles. The van der Waals surface area contributed by atoms with Gasteiger partial charge in [0.2, 0.25) is 5.91 Å². The van der Waals surface area contributed by atoms with E-state index in [1.807, 2.05) is 26.0 Å². The summed E-state index contributed by atoms with van der Waals surface area (Å²) in [5, 5.41) is 15.6. The Morgan fingerprint density at radius 1 is 1.33 bits per heavy atom. The number of rotatable bonds is 6. The maximum Gasteiger partial charge on any atom is 0.224 e. The zero-order chi connectivity index (χ0) is 18.5. The Balaban J connectivity index is 0.00000261. The van der Waals surface area contributed by atoms with Gasteiger partial charge in [-0.1, -0.05) is 30.0 Å². The molecule has 1 aliphatic heterocycles. The highest BCUT2D eigenvalue weighted by Gasteiger charge is 2.22. The minimum Gasteiger partial charge on any atom is -0.326 e. The van der Waals surface area contributed by atoms with Gasteiger partial charge in [-0.15, -0.1) is 22.6 Å². The molecule has 1 atom stereocenters. The predicted octanol–water partition coefficient (Wildman–Crippen LogP) is 4.69. The van der Waals surface area contributed by atoms with Gasteiger partial charge in [0.05, 0.1) is 0 Å². The lowest BCUT2D eigenvalue weighted by atomic mass is 9.84. The maximum atomic E-state index is 12.4. The molecule has 2 heterocycles. The maximum absolute atomic E-state index is 12.4. The van der Waals surface area contributed by atoms with Crippen LogP contribution in [0.3, 0.4) is 0 Å². The molecule has 0 bridgehead atoms. The molecule has 1 aromatic carbocycles. The normalized spacial score (nSPS) is 15.8. The summed E-state index contributed by atoms with van der Waals surface area (Å²) in [5.74, 6) is 1.18. The molecule has 1 unspecified atom stereocenters. The summed E-state index contributed by atoms with van der Waals surface area (Å²) in [7, 11) is 0. The van der Waals surface area contributed by atoms with E-state index >= 15 is 0 Å². The van der Waals surface area contributed by atoms with Crippen LogP contribution in [0.15, 0.2) is 27.4 Å². The summed E-state index contributed by atoms with van der Waals surface area (Å²) in [6.45, 7) is 8.33. The Hall–Kier alpha value is -1.15. The number of anilines is 1. The number of hydrogen-bond donors (Lipinski definition) is 2. The molecule has 8 heteroatoms. The van der Waals surface area contributed by atoms with Crippen molar-refractivity contribution in [1.29, 1.82) is 0 Å². The SMILES string of the molecule is Cc1nnc(Sc2ccc(NC(=O)CC(C)C3CCNCC3)c(C)c2)s1.Cl. The molecule has 1 amide bonds. The first-order chi connectivity index (χ1) is 12.5. The van der Waals surface area contributed by atoms with Crippen LogP contribution < -0.4 is 10.6 Å². The Kier molecular flexibility index (Phi) is 8.54. The van der Waals surface area contributed by atoms with Crippen LogP contribution in [0.25, 0.3) is 0 Å². The minimum atomic E-state index is 0. The average Bonchev–Trinajstić information content (AvgIpc) is 3.03. The number of hydrogen-bond acceptors (Lipinski definition) is 6. The highest BCUT2D eigenvalue weighted by Crippen LogP contribution is 2.32. The molecule has 1 saturated heterocycles. The van der Waals surface area contributed by atoms with E-state index in [0.29, 0.717) is 18.3 Å². The summed E-state index contributed by atoms with van der Waals surface area (Å²) in [6.07, 6.45) is 2.93. The van der Waals surface area contributed by atoms with Gasteiger partial charge in [-0.2, -0.15) is 0 Å². The highest BCUT2D eigenvalue weighted by molar-refractivity contribution is 8.01. The zero-order valence-electron chi connectivity index (χ0n) is 15.9. The van der Waals surface area contributed by atoms with Crippen molar-refractivity contribution in [3.8, 4) is 0 Å². The van der Waals surface area contributed by atoms with Crippen LogP contribution in [-0.4, -0.2) is 29.2 Å². The van der Waals surface area contributed by atoms with Crippen LogP contribution in [0, 0.1) is 25.7 Å². The second kappa shape index (κ2) is 10.4. The van der Waals surface area contributed by atoms with Crippen LogP contribution >= 0.6 is 35.5 Å². The molecule has 27 heavy (non-hydrogen) atoms. The van der Waals surface area contributed by atoms with Crippen LogP contribution in [0.1, 0.15) is 36.8 Å². The minimum absolute atomic E-state index is 0. The number of benzene rings is 1. The summed E-state index contributed by atoms with van der Waals surface area (Å²) >= 11 is 3.20. The number of nitrogens with one attached hydrogen (secondary N) is 2. The first-order valence-electron chi connectivity index (χ1n) is 9.10. The molecular weight excluding hydrogens is 400 g/mol. The zero-order valence-corrected chi connectivity index (χ0v) is 18.4. The number of carbonyl (C=O) groups is 1. The molecule has 5 nitrogen and oxygen atoms in total. The fourth-order valence-electron chi connectivity index (χ4n) is 3.33. The summed E-state index contributed by atoms with van der Waals surface area (Å²) in [6, 6.07) is 6.10. The molecule has 0 aliphatic carbocycles. The first kappa shape index (κ1) is 22.1. The molecule has 1 fully saturated rings. The largest absolute Gasteiger partial charge is 0.326 e. The van der Waals surface area contributed by atoms with Gasteiger partial charge in [0.1, 0.15) is 5.01 Å². The van der Waals surface area contributed by atoms with E-state index in [1.165, 1.54) is 12.8 Å². The molecular formula is C19H27ClN4OS2. The van der Waals surface area contributed by atoms with Crippen LogP contribution in [0.2, 0.25) is 0 Å². The van der Waals surface area contributed by atoms with E-state index in [1.54, 1.807) is 23.1 Å². The van der Waals surface area contributed by atoms with Gasteiger partial charge in [-0.3, -0.25) is 4.79 Å². The lowest BCUT2D eigenvalue weighted by Gasteiger charge is -2.28. The number of piperidine rings is 1. The van der Waals surface area contributed by atoms with Crippen molar-refractivity contribution >= 4 is 47.1 Å². The van der Waals surface area contributed by atoms with Gasteiger partial charge >= 0.3 is 0 Å². The Morgan fingerprint density at radius 2 is 2.07 bits per heavy atom. The van der Waals surface area contributed by atoms with E-state index in [4.69, 9.17) is 0 Å². The third-order valence-corrected chi connectivity index (χ3v) is 6.76. The first-order valence-corrected chi connectivity index (χ1v) is 10.7. The fourth-order valence-corrected chi connectivity index (χ4v) is 5.22. The van der Waals surface area contributed by atoms with E-state index in [0.717, 1.165) is 38.6 Å². The number of carbonyl (C=O) groups excluding carboxylic acids is 1. The van der Waals surface area contributed by atoms with Gasteiger partial charge in [0.25, 0.3) is 0 Å². The number of amides is 1. The average molecular weight is 427 g/mol. The van der Waals surface area contributed by atoms with E-state index in [-0.39, 0.29) is 18.3 Å². The standard InChI is InChI=1S/C19H26N4OS2.ClH/c1-12(15-6-8-20-9-7-15)11-18(24)21-17-5-4-16(10-13(17)2)26-19-23-22-14(3)25-19;/h4-5,10,12,15,20H,6-9,11H2,1-3H3,(H,21,24);1H. The Bertz CT molecular complexity index is 762. The van der Waals surface area contributed by atoms with Crippen LogP contribution in [0.4, 0.5) is 5.69 Å². The van der Waals surface area contributed by atoms with Gasteiger partial charge in [0, 0.05) is 17.0 Å².